The normalized spacial score (nSPS) is 10.3. The Morgan fingerprint density at radius 1 is 1.36 bits per heavy atom. The number of amides is 1. The monoisotopic (exact) mass is 329 g/mol. The molecular weight excluding hydrogens is 310 g/mol. The quantitative estimate of drug-likeness (QED) is 0.389. The molecule has 0 bridgehead atoms. The number of benzene rings is 1. The van der Waals surface area contributed by atoms with Crippen LogP contribution in [0.3, 0.4) is 0 Å². The second-order valence-electron chi connectivity index (χ2n) is 4.57. The van der Waals surface area contributed by atoms with Gasteiger partial charge >= 0.3 is 5.69 Å². The molecule has 0 atom stereocenters. The maximum atomic E-state index is 11.6. The number of nitro benzene ring substituents is 1. The number of nitrogens with zero attached hydrogens (tertiary/aromatic N) is 1. The van der Waals surface area contributed by atoms with Crippen LogP contribution in [0.1, 0.15) is 19.8 Å². The third-order valence-electron chi connectivity index (χ3n) is 2.76. The van der Waals surface area contributed by atoms with E-state index in [2.05, 4.69) is 17.6 Å². The Morgan fingerprint density at radius 3 is 2.82 bits per heavy atom. The minimum Gasteiger partial charge on any atom is -0.486 e. The molecule has 1 amide bonds. The molecule has 0 aliphatic heterocycles. The minimum absolute atomic E-state index is 0.0662. The van der Waals surface area contributed by atoms with E-state index in [1.54, 1.807) is 0 Å². The molecule has 7 nitrogen and oxygen atoms in total. The summed E-state index contributed by atoms with van der Waals surface area (Å²) < 4.78 is 5.29. The molecule has 1 rings (SSSR count). The predicted octanol–water partition coefficient (Wildman–Crippen LogP) is 2.13. The molecule has 0 unspecified atom stereocenters. The largest absolute Gasteiger partial charge is 0.486 e. The Balaban J connectivity index is 2.32. The van der Waals surface area contributed by atoms with Crippen molar-refractivity contribution in [2.24, 2.45) is 0 Å². The van der Waals surface area contributed by atoms with E-state index >= 15 is 0 Å². The van der Waals surface area contributed by atoms with Crippen LogP contribution >= 0.6 is 11.6 Å². The lowest BCUT2D eigenvalue weighted by Crippen LogP contribution is -2.32. The molecule has 0 radical (unpaired) electrons. The first-order chi connectivity index (χ1) is 10.5. The highest BCUT2D eigenvalue weighted by Gasteiger charge is 2.15. The summed E-state index contributed by atoms with van der Waals surface area (Å²) in [6, 6.07) is 4.15. The van der Waals surface area contributed by atoms with E-state index in [0.29, 0.717) is 13.1 Å². The highest BCUT2D eigenvalue weighted by molar-refractivity contribution is 6.30. The van der Waals surface area contributed by atoms with Gasteiger partial charge in [0.2, 0.25) is 5.91 Å². The molecule has 0 fully saturated rings. The molecule has 1 aromatic rings. The first-order valence-electron chi connectivity index (χ1n) is 7.08. The fourth-order valence-electron chi connectivity index (χ4n) is 1.69. The maximum Gasteiger partial charge on any atom is 0.312 e. The summed E-state index contributed by atoms with van der Waals surface area (Å²) in [5.74, 6) is -0.0540. The van der Waals surface area contributed by atoms with Gasteiger partial charge in [-0.3, -0.25) is 14.9 Å². The molecule has 0 spiro atoms. The highest BCUT2D eigenvalue weighted by atomic mass is 35.5. The van der Waals surface area contributed by atoms with Crippen molar-refractivity contribution >= 4 is 23.2 Å². The van der Waals surface area contributed by atoms with Crippen LogP contribution in [0, 0.1) is 10.1 Å². The smallest absolute Gasteiger partial charge is 0.312 e. The lowest BCUT2D eigenvalue weighted by atomic mass is 10.3. The number of carbonyl (C=O) groups excluding carboxylic acids is 1. The van der Waals surface area contributed by atoms with Gasteiger partial charge in [0.25, 0.3) is 0 Å². The van der Waals surface area contributed by atoms with Crippen LogP contribution in [0.25, 0.3) is 0 Å². The van der Waals surface area contributed by atoms with Gasteiger partial charge in [-0.2, -0.15) is 0 Å². The van der Waals surface area contributed by atoms with Crippen molar-refractivity contribution in [2.45, 2.75) is 19.8 Å². The molecule has 0 aromatic heterocycles. The van der Waals surface area contributed by atoms with Crippen molar-refractivity contribution in [1.29, 1.82) is 0 Å². The summed E-state index contributed by atoms with van der Waals surface area (Å²) in [5.41, 5.74) is -0.211. The SMILES string of the molecule is CCCNCCNC(=O)CCOc1ccc(Cl)cc1[N+](=O)[O-]. The van der Waals surface area contributed by atoms with E-state index in [0.717, 1.165) is 13.0 Å². The fraction of sp³-hybridized carbons (Fsp3) is 0.500. The summed E-state index contributed by atoms with van der Waals surface area (Å²) in [4.78, 5) is 21.9. The molecule has 0 saturated heterocycles. The van der Waals surface area contributed by atoms with Gasteiger partial charge < -0.3 is 15.4 Å². The molecule has 0 saturated carbocycles. The van der Waals surface area contributed by atoms with Crippen molar-refractivity contribution < 1.29 is 14.5 Å². The molecule has 2 N–H and O–H groups in total. The lowest BCUT2D eigenvalue weighted by molar-refractivity contribution is -0.385. The van der Waals surface area contributed by atoms with Crippen molar-refractivity contribution in [2.75, 3.05) is 26.2 Å². The van der Waals surface area contributed by atoms with Crippen LogP contribution in [-0.4, -0.2) is 37.1 Å². The van der Waals surface area contributed by atoms with Gasteiger partial charge in [-0.1, -0.05) is 18.5 Å². The summed E-state index contributed by atoms with van der Waals surface area (Å²) in [6.07, 6.45) is 1.18. The number of hydrogen-bond donors (Lipinski definition) is 2. The van der Waals surface area contributed by atoms with Crippen LogP contribution in [0.15, 0.2) is 18.2 Å². The molecule has 8 heteroatoms. The number of hydrogen-bond acceptors (Lipinski definition) is 5. The van der Waals surface area contributed by atoms with Crippen molar-refractivity contribution in [3.8, 4) is 5.75 Å². The van der Waals surface area contributed by atoms with Gasteiger partial charge in [0.05, 0.1) is 18.0 Å². The topological polar surface area (TPSA) is 93.5 Å². The molecule has 1 aromatic carbocycles. The fourth-order valence-corrected chi connectivity index (χ4v) is 1.86. The van der Waals surface area contributed by atoms with E-state index in [1.165, 1.54) is 18.2 Å². The maximum absolute atomic E-state index is 11.6. The number of ether oxygens (including phenoxy) is 1. The minimum atomic E-state index is -0.569. The third kappa shape index (κ3) is 6.73. The first-order valence-corrected chi connectivity index (χ1v) is 7.46. The average molecular weight is 330 g/mol. The number of nitrogens with one attached hydrogen (secondary N) is 2. The molecule has 22 heavy (non-hydrogen) atoms. The Morgan fingerprint density at radius 2 is 2.14 bits per heavy atom. The van der Waals surface area contributed by atoms with Crippen molar-refractivity contribution in [1.82, 2.24) is 10.6 Å². The van der Waals surface area contributed by atoms with Crippen LogP contribution in [-0.2, 0) is 4.79 Å². The van der Waals surface area contributed by atoms with E-state index in [1.807, 2.05) is 0 Å². The van der Waals surface area contributed by atoms with E-state index < -0.39 is 4.92 Å². The predicted molar refractivity (Wildman–Crippen MR) is 84.4 cm³/mol. The Kier molecular flexibility index (Phi) is 8.24. The lowest BCUT2D eigenvalue weighted by Gasteiger charge is -2.08. The zero-order chi connectivity index (χ0) is 16.4. The van der Waals surface area contributed by atoms with Gasteiger partial charge in [0.15, 0.2) is 5.75 Å². The molecule has 0 aliphatic carbocycles. The summed E-state index contributed by atoms with van der Waals surface area (Å²) in [7, 11) is 0. The number of nitro groups is 1. The van der Waals surface area contributed by atoms with Gasteiger partial charge in [0, 0.05) is 24.2 Å². The first kappa shape index (κ1) is 18.2. The molecule has 0 aliphatic rings. The Hall–Kier alpha value is -1.86. The van der Waals surface area contributed by atoms with Crippen LogP contribution in [0.4, 0.5) is 5.69 Å². The van der Waals surface area contributed by atoms with Crippen molar-refractivity contribution in [3.63, 3.8) is 0 Å². The number of carbonyl (C=O) groups is 1. The highest BCUT2D eigenvalue weighted by Crippen LogP contribution is 2.29. The van der Waals surface area contributed by atoms with E-state index in [-0.39, 0.29) is 35.4 Å². The van der Waals surface area contributed by atoms with Crippen LogP contribution in [0.5, 0.6) is 5.75 Å². The summed E-state index contributed by atoms with van der Waals surface area (Å²) in [6.45, 7) is 4.30. The van der Waals surface area contributed by atoms with Crippen LogP contribution in [0.2, 0.25) is 5.02 Å². The zero-order valence-electron chi connectivity index (χ0n) is 12.4. The Labute approximate surface area is 134 Å². The summed E-state index contributed by atoms with van der Waals surface area (Å²) in [5, 5.41) is 17.0. The number of halogens is 1. The average Bonchev–Trinajstić information content (AvgIpc) is 2.48. The second-order valence-corrected chi connectivity index (χ2v) is 5.00. The Bertz CT molecular complexity index is 511. The molecule has 0 heterocycles. The zero-order valence-corrected chi connectivity index (χ0v) is 13.2. The third-order valence-corrected chi connectivity index (χ3v) is 2.99. The van der Waals surface area contributed by atoms with Gasteiger partial charge in [-0.05, 0) is 25.1 Å². The molecular formula is C14H20ClN3O4. The van der Waals surface area contributed by atoms with Gasteiger partial charge in [-0.15, -0.1) is 0 Å². The number of rotatable bonds is 10. The van der Waals surface area contributed by atoms with Gasteiger partial charge in [0.1, 0.15) is 0 Å². The second kappa shape index (κ2) is 9.97. The van der Waals surface area contributed by atoms with Gasteiger partial charge in [-0.25, -0.2) is 0 Å². The summed E-state index contributed by atoms with van der Waals surface area (Å²) >= 11 is 5.71. The van der Waals surface area contributed by atoms with Crippen LogP contribution < -0.4 is 15.4 Å². The standard InChI is InChI=1S/C14H20ClN3O4/c1-2-6-16-7-8-17-14(19)5-9-22-13-4-3-11(15)10-12(13)18(20)21/h3-4,10,16H,2,5-9H2,1H3,(H,17,19). The molecule has 122 valence electrons. The van der Waals surface area contributed by atoms with Crippen molar-refractivity contribution in [3.05, 3.63) is 33.3 Å². The van der Waals surface area contributed by atoms with E-state index in [4.69, 9.17) is 16.3 Å². The van der Waals surface area contributed by atoms with E-state index in [9.17, 15) is 14.9 Å².